The molecule has 11 heavy (non-hydrogen) atoms. The lowest BCUT2D eigenvalue weighted by Gasteiger charge is -2.13. The van der Waals surface area contributed by atoms with Crippen molar-refractivity contribution in [2.45, 2.75) is 12.8 Å². The summed E-state index contributed by atoms with van der Waals surface area (Å²) in [5, 5.41) is 0. The predicted octanol–water partition coefficient (Wildman–Crippen LogP) is 0.532. The fourth-order valence-electron chi connectivity index (χ4n) is 1.47. The lowest BCUT2D eigenvalue weighted by Crippen LogP contribution is -2.27. The molecule has 0 aliphatic carbocycles. The first kappa shape index (κ1) is 8.87. The number of hydrogen-bond donors (Lipinski definition) is 1. The maximum Gasteiger partial charge on any atom is 0.251 e. The van der Waals surface area contributed by atoms with Gasteiger partial charge in [-0.1, -0.05) is 0 Å². The van der Waals surface area contributed by atoms with Gasteiger partial charge in [0.15, 0.2) is 0 Å². The molecule has 1 aliphatic rings. The minimum Gasteiger partial charge on any atom is -0.330 e. The highest BCUT2D eigenvalue weighted by atomic mass is 19.3. The molecule has 2 nitrogen and oxygen atoms in total. The maximum atomic E-state index is 11.8. The molecule has 1 rings (SSSR count). The van der Waals surface area contributed by atoms with Gasteiger partial charge in [0.25, 0.3) is 6.43 Å². The fraction of sp³-hybridized carbons (Fsp3) is 1.00. The van der Waals surface area contributed by atoms with Crippen molar-refractivity contribution in [2.75, 3.05) is 26.2 Å². The van der Waals surface area contributed by atoms with Crippen LogP contribution >= 0.6 is 0 Å². The number of nitrogens with two attached hydrogens (primary N) is 1. The van der Waals surface area contributed by atoms with Crippen LogP contribution in [0.15, 0.2) is 0 Å². The second-order valence-electron chi connectivity index (χ2n) is 3.04. The van der Waals surface area contributed by atoms with E-state index in [-0.39, 0.29) is 6.54 Å². The summed E-state index contributed by atoms with van der Waals surface area (Å²) in [6.45, 7) is 2.07. The van der Waals surface area contributed by atoms with Crippen LogP contribution in [0.1, 0.15) is 6.42 Å². The molecule has 0 saturated carbocycles. The van der Waals surface area contributed by atoms with E-state index in [2.05, 4.69) is 0 Å². The normalized spacial score (nSPS) is 26.7. The average molecular weight is 164 g/mol. The van der Waals surface area contributed by atoms with E-state index < -0.39 is 6.43 Å². The van der Waals surface area contributed by atoms with Gasteiger partial charge in [0.05, 0.1) is 6.54 Å². The molecule has 0 aromatic rings. The van der Waals surface area contributed by atoms with Crippen molar-refractivity contribution >= 4 is 0 Å². The summed E-state index contributed by atoms with van der Waals surface area (Å²) < 4.78 is 23.7. The average Bonchev–Trinajstić information content (AvgIpc) is 2.34. The van der Waals surface area contributed by atoms with Crippen LogP contribution < -0.4 is 5.73 Å². The van der Waals surface area contributed by atoms with Gasteiger partial charge in [-0.25, -0.2) is 8.78 Å². The molecule has 0 aromatic carbocycles. The van der Waals surface area contributed by atoms with Crippen molar-refractivity contribution in [3.63, 3.8) is 0 Å². The zero-order valence-electron chi connectivity index (χ0n) is 6.47. The van der Waals surface area contributed by atoms with Gasteiger partial charge in [0.2, 0.25) is 0 Å². The third kappa shape index (κ3) is 2.71. The fourth-order valence-corrected chi connectivity index (χ4v) is 1.47. The Kier molecular flexibility index (Phi) is 3.20. The van der Waals surface area contributed by atoms with E-state index in [0.717, 1.165) is 19.5 Å². The minimum absolute atomic E-state index is 0.0868. The molecule has 4 heteroatoms. The molecule has 1 saturated heterocycles. The van der Waals surface area contributed by atoms with Gasteiger partial charge in [0.1, 0.15) is 0 Å². The van der Waals surface area contributed by atoms with E-state index in [9.17, 15) is 8.78 Å². The quantitative estimate of drug-likeness (QED) is 0.659. The first-order valence-corrected chi connectivity index (χ1v) is 3.93. The van der Waals surface area contributed by atoms with E-state index in [1.54, 1.807) is 4.90 Å². The molecule has 0 bridgehead atoms. The summed E-state index contributed by atoms with van der Waals surface area (Å²) in [4.78, 5) is 1.78. The number of nitrogens with zero attached hydrogens (tertiary/aromatic N) is 1. The Hall–Kier alpha value is -0.220. The Bertz CT molecular complexity index is 119. The second-order valence-corrected chi connectivity index (χ2v) is 3.04. The lowest BCUT2D eigenvalue weighted by molar-refractivity contribution is 0.0981. The molecule has 0 spiro atoms. The third-order valence-electron chi connectivity index (χ3n) is 2.10. The van der Waals surface area contributed by atoms with Crippen LogP contribution in [0.3, 0.4) is 0 Å². The summed E-state index contributed by atoms with van der Waals surface area (Å²) in [5.41, 5.74) is 5.41. The number of rotatable bonds is 3. The Morgan fingerprint density at radius 1 is 1.55 bits per heavy atom. The Labute approximate surface area is 65.4 Å². The van der Waals surface area contributed by atoms with Crippen molar-refractivity contribution in [1.82, 2.24) is 4.90 Å². The molecule has 1 heterocycles. The third-order valence-corrected chi connectivity index (χ3v) is 2.10. The van der Waals surface area contributed by atoms with Crippen molar-refractivity contribution in [2.24, 2.45) is 11.7 Å². The molecule has 66 valence electrons. The zero-order valence-corrected chi connectivity index (χ0v) is 6.47. The minimum atomic E-state index is -2.20. The van der Waals surface area contributed by atoms with Crippen LogP contribution in [0.5, 0.6) is 0 Å². The number of hydrogen-bond acceptors (Lipinski definition) is 2. The highest BCUT2D eigenvalue weighted by Crippen LogP contribution is 2.15. The van der Waals surface area contributed by atoms with Crippen LogP contribution in [0, 0.1) is 5.92 Å². The van der Waals surface area contributed by atoms with Crippen molar-refractivity contribution in [1.29, 1.82) is 0 Å². The second kappa shape index (κ2) is 3.97. The number of alkyl halides is 2. The van der Waals surface area contributed by atoms with E-state index in [1.165, 1.54) is 0 Å². The van der Waals surface area contributed by atoms with Gasteiger partial charge in [-0.2, -0.15) is 0 Å². The van der Waals surface area contributed by atoms with Gasteiger partial charge in [0, 0.05) is 6.54 Å². The molecule has 2 N–H and O–H groups in total. The Morgan fingerprint density at radius 2 is 2.27 bits per heavy atom. The highest BCUT2D eigenvalue weighted by Gasteiger charge is 2.22. The summed E-state index contributed by atoms with van der Waals surface area (Å²) >= 11 is 0. The predicted molar refractivity (Wildman–Crippen MR) is 39.6 cm³/mol. The Balaban J connectivity index is 2.19. The van der Waals surface area contributed by atoms with Crippen molar-refractivity contribution < 1.29 is 8.78 Å². The van der Waals surface area contributed by atoms with Crippen molar-refractivity contribution in [3.8, 4) is 0 Å². The summed E-state index contributed by atoms with van der Waals surface area (Å²) in [7, 11) is 0. The zero-order chi connectivity index (χ0) is 8.27. The van der Waals surface area contributed by atoms with E-state index in [0.29, 0.717) is 12.5 Å². The van der Waals surface area contributed by atoms with Gasteiger partial charge in [-0.15, -0.1) is 0 Å². The monoisotopic (exact) mass is 164 g/mol. The van der Waals surface area contributed by atoms with Crippen LogP contribution in [-0.4, -0.2) is 37.5 Å². The van der Waals surface area contributed by atoms with E-state index in [4.69, 9.17) is 5.73 Å². The first-order valence-electron chi connectivity index (χ1n) is 3.93. The molecule has 1 unspecified atom stereocenters. The topological polar surface area (TPSA) is 29.3 Å². The van der Waals surface area contributed by atoms with Gasteiger partial charge in [-0.3, -0.25) is 4.90 Å². The maximum absolute atomic E-state index is 11.8. The van der Waals surface area contributed by atoms with Crippen LogP contribution in [0.25, 0.3) is 0 Å². The summed E-state index contributed by atoms with van der Waals surface area (Å²) in [6.07, 6.45) is -1.23. The molecule has 0 radical (unpaired) electrons. The standard InChI is InChI=1S/C7H14F2N2/c8-7(9)5-11-2-1-6(3-10)4-11/h6-7H,1-5,10H2. The Morgan fingerprint density at radius 3 is 2.73 bits per heavy atom. The summed E-state index contributed by atoms with van der Waals surface area (Å²) in [6, 6.07) is 0. The molecular weight excluding hydrogens is 150 g/mol. The van der Waals surface area contributed by atoms with Gasteiger partial charge >= 0.3 is 0 Å². The van der Waals surface area contributed by atoms with Gasteiger partial charge < -0.3 is 5.73 Å². The van der Waals surface area contributed by atoms with Crippen LogP contribution in [0.2, 0.25) is 0 Å². The van der Waals surface area contributed by atoms with Gasteiger partial charge in [-0.05, 0) is 25.4 Å². The molecule has 1 aliphatic heterocycles. The first-order chi connectivity index (χ1) is 5.22. The smallest absolute Gasteiger partial charge is 0.251 e. The molecule has 1 atom stereocenters. The molecule has 1 fully saturated rings. The molecule has 0 aromatic heterocycles. The SMILES string of the molecule is NCC1CCN(CC(F)F)C1. The van der Waals surface area contributed by atoms with E-state index in [1.807, 2.05) is 0 Å². The molecule has 0 amide bonds. The van der Waals surface area contributed by atoms with Crippen LogP contribution in [-0.2, 0) is 0 Å². The largest absolute Gasteiger partial charge is 0.330 e. The summed E-state index contributed by atoms with van der Waals surface area (Å²) in [5.74, 6) is 0.439. The van der Waals surface area contributed by atoms with Crippen molar-refractivity contribution in [3.05, 3.63) is 0 Å². The number of likely N-dealkylation sites (tertiary alicyclic amines) is 1. The van der Waals surface area contributed by atoms with Crippen LogP contribution in [0.4, 0.5) is 8.78 Å². The number of halogens is 2. The van der Waals surface area contributed by atoms with E-state index >= 15 is 0 Å². The highest BCUT2D eigenvalue weighted by molar-refractivity contribution is 4.76. The lowest BCUT2D eigenvalue weighted by atomic mass is 10.1. The molecular formula is C7H14F2N2.